The Kier molecular flexibility index (Phi) is 6.64. The minimum Gasteiger partial charge on any atom is -0.497 e. The van der Waals surface area contributed by atoms with Gasteiger partial charge >= 0.3 is 0 Å². The molecule has 1 aromatic carbocycles. The zero-order valence-electron chi connectivity index (χ0n) is 17.7. The monoisotopic (exact) mass is 414 g/mol. The van der Waals surface area contributed by atoms with Crippen molar-refractivity contribution >= 4 is 5.91 Å². The summed E-state index contributed by atoms with van der Waals surface area (Å²) < 4.78 is 16.2. The second-order valence-electron chi connectivity index (χ2n) is 8.20. The van der Waals surface area contributed by atoms with E-state index in [1.54, 1.807) is 14.0 Å². The van der Waals surface area contributed by atoms with Gasteiger partial charge in [-0.2, -0.15) is 4.98 Å². The average molecular weight is 415 g/mol. The fraction of sp³-hybridized carbons (Fsp3) is 0.591. The van der Waals surface area contributed by atoms with E-state index in [1.807, 2.05) is 12.1 Å². The van der Waals surface area contributed by atoms with Crippen LogP contribution in [0.2, 0.25) is 0 Å². The number of carbonyl (C=O) groups excluding carboxylic acids is 1. The Morgan fingerprint density at radius 1 is 1.33 bits per heavy atom. The number of fused-ring (bicyclic) bond motifs is 1. The maximum atomic E-state index is 12.4. The van der Waals surface area contributed by atoms with E-state index < -0.39 is 0 Å². The van der Waals surface area contributed by atoms with E-state index in [4.69, 9.17) is 14.0 Å². The van der Waals surface area contributed by atoms with Crippen LogP contribution in [0, 0.1) is 18.8 Å². The topological polar surface area (TPSA) is 89.7 Å². The molecule has 0 bridgehead atoms. The van der Waals surface area contributed by atoms with Crippen LogP contribution in [-0.2, 0) is 22.5 Å². The van der Waals surface area contributed by atoms with Gasteiger partial charge in [-0.25, -0.2) is 0 Å². The summed E-state index contributed by atoms with van der Waals surface area (Å²) >= 11 is 0. The molecule has 0 aliphatic carbocycles. The van der Waals surface area contributed by atoms with Crippen LogP contribution in [0.4, 0.5) is 0 Å². The van der Waals surface area contributed by atoms with Crippen LogP contribution in [0.25, 0.3) is 0 Å². The molecule has 1 aromatic heterocycles. The van der Waals surface area contributed by atoms with Crippen molar-refractivity contribution in [2.24, 2.45) is 11.8 Å². The lowest BCUT2D eigenvalue weighted by Crippen LogP contribution is -2.42. The number of hydrogen-bond acceptors (Lipinski definition) is 7. The summed E-state index contributed by atoms with van der Waals surface area (Å²) in [6.45, 7) is 6.00. The average Bonchev–Trinajstić information content (AvgIpc) is 3.34. The summed E-state index contributed by atoms with van der Waals surface area (Å²) in [7, 11) is 1.69. The number of nitrogens with zero attached hydrogens (tertiary/aromatic N) is 3. The fourth-order valence-corrected chi connectivity index (χ4v) is 4.52. The number of benzene rings is 1. The van der Waals surface area contributed by atoms with Crippen LogP contribution >= 0.6 is 0 Å². The normalized spacial score (nSPS) is 23.9. The third kappa shape index (κ3) is 5.17. The number of aryl methyl sites for hydroxylation is 1. The minimum atomic E-state index is 0.0190. The highest BCUT2D eigenvalue weighted by Crippen LogP contribution is 2.36. The highest BCUT2D eigenvalue weighted by Gasteiger charge is 2.41. The van der Waals surface area contributed by atoms with Gasteiger partial charge in [0.1, 0.15) is 5.75 Å². The molecule has 1 amide bonds. The Balaban J connectivity index is 1.20. The summed E-state index contributed by atoms with van der Waals surface area (Å²) in [5.41, 5.74) is 1.29. The van der Waals surface area contributed by atoms with Crippen LogP contribution < -0.4 is 10.1 Å². The van der Waals surface area contributed by atoms with E-state index in [2.05, 4.69) is 32.5 Å². The molecule has 162 valence electrons. The number of carbonyl (C=O) groups is 1. The van der Waals surface area contributed by atoms with Crippen molar-refractivity contribution in [1.29, 1.82) is 0 Å². The Bertz CT molecular complexity index is 838. The van der Waals surface area contributed by atoms with Crippen molar-refractivity contribution in [1.82, 2.24) is 20.4 Å². The molecule has 0 spiro atoms. The first-order valence-electron chi connectivity index (χ1n) is 10.6. The van der Waals surface area contributed by atoms with Crippen LogP contribution in [0.15, 0.2) is 28.8 Å². The molecule has 0 saturated carbocycles. The van der Waals surface area contributed by atoms with E-state index >= 15 is 0 Å². The van der Waals surface area contributed by atoms with Gasteiger partial charge in [0.05, 0.1) is 26.2 Å². The molecule has 2 aromatic rings. The molecular weight excluding hydrogens is 384 g/mol. The van der Waals surface area contributed by atoms with Crippen molar-refractivity contribution < 1.29 is 18.8 Å². The molecular formula is C22H30N4O4. The number of likely N-dealkylation sites (tertiary alicyclic amines) is 1. The predicted molar refractivity (Wildman–Crippen MR) is 110 cm³/mol. The van der Waals surface area contributed by atoms with Gasteiger partial charge in [-0.05, 0) is 36.6 Å². The Morgan fingerprint density at radius 2 is 2.17 bits per heavy atom. The fourth-order valence-electron chi connectivity index (χ4n) is 4.52. The van der Waals surface area contributed by atoms with Gasteiger partial charge in [0, 0.05) is 38.9 Å². The summed E-state index contributed by atoms with van der Waals surface area (Å²) in [4.78, 5) is 19.0. The second kappa shape index (κ2) is 9.57. The lowest BCUT2D eigenvalue weighted by molar-refractivity contribution is -0.123. The van der Waals surface area contributed by atoms with Gasteiger partial charge < -0.3 is 19.3 Å². The number of ether oxygens (including phenoxy) is 2. The molecule has 2 aliphatic heterocycles. The van der Waals surface area contributed by atoms with Crippen molar-refractivity contribution in [3.8, 4) is 5.75 Å². The van der Waals surface area contributed by atoms with E-state index in [9.17, 15) is 4.79 Å². The second-order valence-corrected chi connectivity index (χ2v) is 8.20. The molecule has 8 heteroatoms. The van der Waals surface area contributed by atoms with E-state index in [0.717, 1.165) is 38.4 Å². The summed E-state index contributed by atoms with van der Waals surface area (Å²) in [6.07, 6.45) is 2.08. The van der Waals surface area contributed by atoms with Crippen molar-refractivity contribution in [3.63, 3.8) is 0 Å². The molecule has 2 fully saturated rings. The van der Waals surface area contributed by atoms with E-state index in [1.165, 1.54) is 5.56 Å². The number of aromatic nitrogens is 2. The molecule has 4 rings (SSSR count). The molecule has 0 unspecified atom stereocenters. The highest BCUT2D eigenvalue weighted by atomic mass is 16.5. The maximum absolute atomic E-state index is 12.4. The van der Waals surface area contributed by atoms with Crippen LogP contribution in [0.3, 0.4) is 0 Å². The van der Waals surface area contributed by atoms with Crippen LogP contribution in [0.5, 0.6) is 5.75 Å². The smallest absolute Gasteiger partial charge is 0.223 e. The molecule has 3 atom stereocenters. The van der Waals surface area contributed by atoms with Crippen molar-refractivity contribution in [3.05, 3.63) is 41.5 Å². The van der Waals surface area contributed by atoms with Gasteiger partial charge in [0.2, 0.25) is 11.8 Å². The molecule has 2 aliphatic rings. The van der Waals surface area contributed by atoms with Gasteiger partial charge in [0.25, 0.3) is 0 Å². The highest BCUT2D eigenvalue weighted by molar-refractivity contribution is 5.76. The zero-order valence-corrected chi connectivity index (χ0v) is 17.7. The number of rotatable bonds is 8. The van der Waals surface area contributed by atoms with Gasteiger partial charge in [-0.1, -0.05) is 17.3 Å². The predicted octanol–water partition coefficient (Wildman–Crippen LogP) is 1.97. The van der Waals surface area contributed by atoms with E-state index in [-0.39, 0.29) is 12.0 Å². The SMILES string of the molecule is COc1ccc(CN2CC[C@@H]3[C@@H](CO[C@H]3CC(=O)NCCc3noc(C)n3)C2)cc1. The summed E-state index contributed by atoms with van der Waals surface area (Å²) in [5, 5.41) is 6.79. The zero-order chi connectivity index (χ0) is 20.9. The minimum absolute atomic E-state index is 0.0190. The first-order chi connectivity index (χ1) is 14.6. The summed E-state index contributed by atoms with van der Waals surface area (Å²) in [6, 6.07) is 8.27. The third-order valence-electron chi connectivity index (χ3n) is 6.07. The summed E-state index contributed by atoms with van der Waals surface area (Å²) in [5.74, 6) is 3.03. The van der Waals surface area contributed by atoms with Gasteiger partial charge in [0.15, 0.2) is 5.82 Å². The quantitative estimate of drug-likeness (QED) is 0.706. The standard InChI is InChI=1S/C22H30N4O4/c1-15-24-21(25-30-15)7-9-23-22(27)11-20-19-8-10-26(13-17(19)14-29-20)12-16-3-5-18(28-2)6-4-16/h3-6,17,19-20H,7-14H2,1-2H3,(H,23,27)/t17-,19-,20+/m1/s1. The number of methoxy groups -OCH3 is 1. The molecule has 2 saturated heterocycles. The first-order valence-corrected chi connectivity index (χ1v) is 10.6. The van der Waals surface area contributed by atoms with E-state index in [0.29, 0.717) is 42.9 Å². The maximum Gasteiger partial charge on any atom is 0.223 e. The number of amides is 1. The molecule has 3 heterocycles. The number of nitrogens with one attached hydrogen (secondary N) is 1. The Morgan fingerprint density at radius 3 is 2.90 bits per heavy atom. The molecule has 30 heavy (non-hydrogen) atoms. The molecule has 1 N–H and O–H groups in total. The van der Waals surface area contributed by atoms with Crippen LogP contribution in [-0.4, -0.2) is 60.4 Å². The molecule has 0 radical (unpaired) electrons. The van der Waals surface area contributed by atoms with Crippen LogP contribution in [0.1, 0.15) is 30.1 Å². The van der Waals surface area contributed by atoms with Gasteiger partial charge in [-0.15, -0.1) is 0 Å². The molecule has 8 nitrogen and oxygen atoms in total. The van der Waals surface area contributed by atoms with Gasteiger partial charge in [-0.3, -0.25) is 9.69 Å². The number of hydrogen-bond donors (Lipinski definition) is 1. The Labute approximate surface area is 176 Å². The van der Waals surface area contributed by atoms with Crippen molar-refractivity contribution in [2.45, 2.75) is 38.8 Å². The lowest BCUT2D eigenvalue weighted by Gasteiger charge is -2.35. The first kappa shape index (κ1) is 20.8. The number of piperidine rings is 1. The third-order valence-corrected chi connectivity index (χ3v) is 6.07. The lowest BCUT2D eigenvalue weighted by atomic mass is 9.83. The Hall–Kier alpha value is -2.45. The van der Waals surface area contributed by atoms with Crippen molar-refractivity contribution in [2.75, 3.05) is 33.4 Å². The largest absolute Gasteiger partial charge is 0.497 e.